The number of para-hydroxylation sites is 2. The number of carboxylic acid groups (broad SMARTS) is 2. The number of amides is 1. The molecule has 1 aliphatic heterocycles. The second-order valence-electron chi connectivity index (χ2n) is 9.84. The van der Waals surface area contributed by atoms with Gasteiger partial charge >= 0.3 is 30.4 Å². The van der Waals surface area contributed by atoms with E-state index in [4.69, 9.17) is 33.7 Å². The van der Waals surface area contributed by atoms with Gasteiger partial charge in [0.2, 0.25) is 0 Å². The quantitative estimate of drug-likeness (QED) is 0.371. The van der Waals surface area contributed by atoms with Gasteiger partial charge in [-0.15, -0.1) is 0 Å². The van der Waals surface area contributed by atoms with Gasteiger partial charge in [-0.05, 0) is 45.0 Å². The molecule has 0 radical (unpaired) electrons. The number of pyridine rings is 1. The molecule has 0 aliphatic carbocycles. The predicted octanol–water partition coefficient (Wildman–Crippen LogP) is 4.99. The minimum Gasteiger partial charge on any atom is -0.490 e. The molecule has 1 aromatic carbocycles. The maximum Gasteiger partial charge on any atom is 0.490 e. The summed E-state index contributed by atoms with van der Waals surface area (Å²) in [7, 11) is 0. The lowest BCUT2D eigenvalue weighted by atomic mass is 10.2. The minimum atomic E-state index is -5.08. The number of fused-ring (bicyclic) bond motifs is 1. The van der Waals surface area contributed by atoms with Crippen molar-refractivity contribution in [1.29, 1.82) is 0 Å². The Labute approximate surface area is 245 Å². The number of alkyl halides is 6. The number of hydrogen-bond acceptors (Lipinski definition) is 9. The molecule has 18 heteroatoms. The van der Waals surface area contributed by atoms with E-state index in [-0.39, 0.29) is 12.1 Å². The molecule has 1 amide bonds. The van der Waals surface area contributed by atoms with Gasteiger partial charge < -0.3 is 33.9 Å². The molecule has 1 aliphatic rings. The molecule has 1 saturated heterocycles. The van der Waals surface area contributed by atoms with E-state index in [0.717, 1.165) is 11.1 Å². The normalized spacial score (nSPS) is 15.3. The highest BCUT2D eigenvalue weighted by atomic mass is 19.4. The summed E-state index contributed by atoms with van der Waals surface area (Å²) in [6, 6.07) is 11.7. The maximum atomic E-state index is 12.6. The summed E-state index contributed by atoms with van der Waals surface area (Å²) in [5.41, 5.74) is 0.985. The van der Waals surface area contributed by atoms with Crippen LogP contribution < -0.4 is 9.64 Å². The van der Waals surface area contributed by atoms with Gasteiger partial charge in [-0.3, -0.25) is 4.98 Å². The van der Waals surface area contributed by atoms with Crippen LogP contribution in [-0.2, 0) is 14.3 Å². The van der Waals surface area contributed by atoms with Crippen molar-refractivity contribution in [2.75, 3.05) is 31.1 Å². The van der Waals surface area contributed by atoms with Crippen LogP contribution >= 0.6 is 0 Å². The molecule has 44 heavy (non-hydrogen) atoms. The van der Waals surface area contributed by atoms with Gasteiger partial charge in [0.25, 0.3) is 6.01 Å². The number of carbonyl (C=O) groups excluding carboxylic acids is 1. The summed E-state index contributed by atoms with van der Waals surface area (Å²) in [4.78, 5) is 42.9. The van der Waals surface area contributed by atoms with Gasteiger partial charge in [0.15, 0.2) is 5.58 Å². The number of nitrogens with zero attached hydrogens (tertiary/aromatic N) is 4. The van der Waals surface area contributed by atoms with Crippen LogP contribution in [0.3, 0.4) is 0 Å². The van der Waals surface area contributed by atoms with Crippen molar-refractivity contribution in [3.05, 3.63) is 48.8 Å². The molecule has 4 rings (SSSR count). The average molecular weight is 639 g/mol. The first-order valence-corrected chi connectivity index (χ1v) is 12.5. The van der Waals surface area contributed by atoms with E-state index in [1.165, 1.54) is 0 Å². The molecule has 1 atom stereocenters. The fraction of sp³-hybridized carbons (Fsp3) is 0.423. The van der Waals surface area contributed by atoms with E-state index in [0.29, 0.717) is 38.0 Å². The lowest BCUT2D eigenvalue weighted by Crippen LogP contribution is -2.57. The number of carbonyl (C=O) groups is 3. The zero-order chi connectivity index (χ0) is 33.3. The number of anilines is 1. The third-order valence-corrected chi connectivity index (χ3v) is 5.22. The van der Waals surface area contributed by atoms with Gasteiger partial charge in [0, 0.05) is 25.8 Å². The van der Waals surface area contributed by atoms with Crippen LogP contribution in [0, 0.1) is 0 Å². The van der Waals surface area contributed by atoms with Crippen LogP contribution in [0.15, 0.2) is 53.2 Å². The molecule has 0 saturated carbocycles. The van der Waals surface area contributed by atoms with Crippen molar-refractivity contribution in [2.45, 2.75) is 44.8 Å². The van der Waals surface area contributed by atoms with Gasteiger partial charge in [-0.25, -0.2) is 14.4 Å². The highest BCUT2D eigenvalue weighted by Gasteiger charge is 2.39. The molecule has 2 aromatic heterocycles. The molecule has 3 heterocycles. The number of benzene rings is 1. The Morgan fingerprint density at radius 3 is 2.05 bits per heavy atom. The lowest BCUT2D eigenvalue weighted by Gasteiger charge is -2.40. The second-order valence-corrected chi connectivity index (χ2v) is 9.84. The number of aromatic nitrogens is 2. The number of hydrogen-bond donors (Lipinski definition) is 2. The summed E-state index contributed by atoms with van der Waals surface area (Å²) in [5, 5.41) is 14.2. The molecular weight excluding hydrogens is 610 g/mol. The Bertz CT molecular complexity index is 1340. The number of oxazole rings is 1. The van der Waals surface area contributed by atoms with Gasteiger partial charge in [-0.2, -0.15) is 31.3 Å². The number of piperazine rings is 1. The standard InChI is InChI=1S/C22H26N4O4.2C2HF3O2/c1-22(2,3)30-21(27)25-11-12-26(20-24-18-8-4-5-9-19(18)29-20)16(14-25)15-28-17-7-6-10-23-13-17;2*3-2(4,5)1(6)7/h4-10,13,16H,11-12,14-15H2,1-3H3;2*(H,6,7). The Kier molecular flexibility index (Phi) is 11.8. The number of carboxylic acids is 2. The van der Waals surface area contributed by atoms with Crippen LogP contribution in [0.2, 0.25) is 0 Å². The molecule has 3 aromatic rings. The number of halogens is 6. The van der Waals surface area contributed by atoms with Crippen molar-refractivity contribution in [3.8, 4) is 5.75 Å². The van der Waals surface area contributed by atoms with Crippen LogP contribution in [0.5, 0.6) is 5.75 Å². The summed E-state index contributed by atoms with van der Waals surface area (Å²) in [5.74, 6) is -4.84. The Morgan fingerprint density at radius 1 is 0.955 bits per heavy atom. The Balaban J connectivity index is 0.000000402. The molecule has 12 nitrogen and oxygen atoms in total. The van der Waals surface area contributed by atoms with E-state index in [1.807, 2.05) is 57.2 Å². The van der Waals surface area contributed by atoms with E-state index < -0.39 is 29.9 Å². The van der Waals surface area contributed by atoms with Crippen LogP contribution in [-0.4, -0.2) is 93.3 Å². The van der Waals surface area contributed by atoms with Crippen LogP contribution in [0.4, 0.5) is 37.2 Å². The Morgan fingerprint density at radius 2 is 1.55 bits per heavy atom. The van der Waals surface area contributed by atoms with Crippen molar-refractivity contribution >= 4 is 35.1 Å². The number of rotatable bonds is 4. The van der Waals surface area contributed by atoms with Crippen molar-refractivity contribution in [2.24, 2.45) is 0 Å². The van der Waals surface area contributed by atoms with Gasteiger partial charge in [0.1, 0.15) is 23.5 Å². The van der Waals surface area contributed by atoms with E-state index in [2.05, 4.69) is 14.9 Å². The largest absolute Gasteiger partial charge is 0.490 e. The first kappa shape index (κ1) is 35.4. The van der Waals surface area contributed by atoms with Crippen LogP contribution in [0.1, 0.15) is 20.8 Å². The summed E-state index contributed by atoms with van der Waals surface area (Å²) in [6.45, 7) is 7.45. The van der Waals surface area contributed by atoms with Gasteiger partial charge in [0.05, 0.1) is 12.2 Å². The first-order chi connectivity index (χ1) is 20.3. The average Bonchev–Trinajstić information content (AvgIpc) is 3.35. The highest BCUT2D eigenvalue weighted by Crippen LogP contribution is 2.26. The molecule has 242 valence electrons. The predicted molar refractivity (Wildman–Crippen MR) is 140 cm³/mol. The zero-order valence-electron chi connectivity index (χ0n) is 23.4. The fourth-order valence-corrected chi connectivity index (χ4v) is 3.35. The molecular formula is C26H28F6N4O8. The monoisotopic (exact) mass is 638 g/mol. The summed E-state index contributed by atoms with van der Waals surface area (Å²) >= 11 is 0. The molecule has 1 unspecified atom stereocenters. The third kappa shape index (κ3) is 11.5. The summed E-state index contributed by atoms with van der Waals surface area (Å²) in [6.07, 6.45) is -7.13. The lowest BCUT2D eigenvalue weighted by molar-refractivity contribution is -0.193. The smallest absolute Gasteiger partial charge is 0.490 e. The molecule has 1 fully saturated rings. The van der Waals surface area contributed by atoms with Gasteiger partial charge in [-0.1, -0.05) is 12.1 Å². The van der Waals surface area contributed by atoms with Crippen LogP contribution in [0.25, 0.3) is 11.1 Å². The van der Waals surface area contributed by atoms with E-state index in [9.17, 15) is 31.1 Å². The zero-order valence-corrected chi connectivity index (χ0v) is 23.4. The SMILES string of the molecule is CC(C)(C)OC(=O)N1CCN(c2nc3ccccc3o2)C(COc2cccnc2)C1.O=C(O)C(F)(F)F.O=C(O)C(F)(F)F. The number of ether oxygens (including phenoxy) is 2. The molecule has 2 N–H and O–H groups in total. The van der Waals surface area contributed by atoms with Crippen molar-refractivity contribution < 1.29 is 64.8 Å². The maximum absolute atomic E-state index is 12.6. The first-order valence-electron chi connectivity index (χ1n) is 12.5. The third-order valence-electron chi connectivity index (χ3n) is 5.22. The Hall–Kier alpha value is -4.77. The van der Waals surface area contributed by atoms with Crippen molar-refractivity contribution in [3.63, 3.8) is 0 Å². The highest BCUT2D eigenvalue weighted by molar-refractivity contribution is 5.75. The minimum absolute atomic E-state index is 0.153. The molecule has 0 bridgehead atoms. The second kappa shape index (κ2) is 14.6. The van der Waals surface area contributed by atoms with E-state index >= 15 is 0 Å². The fourth-order valence-electron chi connectivity index (χ4n) is 3.35. The topological polar surface area (TPSA) is 156 Å². The van der Waals surface area contributed by atoms with E-state index in [1.54, 1.807) is 17.3 Å². The number of aliphatic carboxylic acids is 2. The molecule has 0 spiro atoms. The van der Waals surface area contributed by atoms with Crippen molar-refractivity contribution in [1.82, 2.24) is 14.9 Å². The summed E-state index contributed by atoms with van der Waals surface area (Å²) < 4.78 is 81.0.